The molecule has 28 heavy (non-hydrogen) atoms. The largest absolute Gasteiger partial charge is 0.353 e. The number of pyridine rings is 1. The number of hydrogen-bond donors (Lipinski definition) is 1. The van der Waals surface area contributed by atoms with Gasteiger partial charge < -0.3 is 9.80 Å². The Labute approximate surface area is 169 Å². The summed E-state index contributed by atoms with van der Waals surface area (Å²) in [6.45, 7) is 6.08. The highest BCUT2D eigenvalue weighted by Gasteiger charge is 2.23. The van der Waals surface area contributed by atoms with Gasteiger partial charge in [0.05, 0.1) is 9.92 Å². The third-order valence-electron chi connectivity index (χ3n) is 4.43. The molecule has 1 aromatic heterocycles. The second-order valence-corrected chi connectivity index (χ2v) is 8.48. The summed E-state index contributed by atoms with van der Waals surface area (Å²) in [5, 5.41) is 0.586. The number of hydrogen-bond acceptors (Lipinski definition) is 5. The smallest absolute Gasteiger partial charge is 0.253 e. The third kappa shape index (κ3) is 4.70. The van der Waals surface area contributed by atoms with Crippen LogP contribution in [-0.4, -0.2) is 56.9 Å². The molecule has 0 atom stereocenters. The SMILES string of the molecule is C=CCNS(=O)(=O)c1ccc(C(=O)N2CCN(c3ccc(Cl)cn3)CC2)cc1. The van der Waals surface area contributed by atoms with Crippen molar-refractivity contribution in [3.8, 4) is 0 Å². The number of amides is 1. The molecule has 0 unspecified atom stereocenters. The van der Waals surface area contributed by atoms with Gasteiger partial charge in [-0.1, -0.05) is 17.7 Å². The molecule has 148 valence electrons. The second kappa shape index (κ2) is 8.72. The Balaban J connectivity index is 1.62. The van der Waals surface area contributed by atoms with E-state index < -0.39 is 10.0 Å². The number of nitrogens with zero attached hydrogens (tertiary/aromatic N) is 3. The van der Waals surface area contributed by atoms with E-state index in [0.717, 1.165) is 5.82 Å². The molecule has 1 saturated heterocycles. The first-order valence-electron chi connectivity index (χ1n) is 8.77. The number of carbonyl (C=O) groups is 1. The summed E-state index contributed by atoms with van der Waals surface area (Å²) in [6, 6.07) is 9.61. The molecule has 0 spiro atoms. The van der Waals surface area contributed by atoms with Crippen LogP contribution in [-0.2, 0) is 10.0 Å². The van der Waals surface area contributed by atoms with E-state index in [0.29, 0.717) is 36.8 Å². The molecule has 1 aromatic carbocycles. The molecule has 0 radical (unpaired) electrons. The molecule has 7 nitrogen and oxygen atoms in total. The van der Waals surface area contributed by atoms with E-state index >= 15 is 0 Å². The van der Waals surface area contributed by atoms with Gasteiger partial charge in [-0.25, -0.2) is 18.1 Å². The second-order valence-electron chi connectivity index (χ2n) is 6.28. The molecule has 2 heterocycles. The highest BCUT2D eigenvalue weighted by atomic mass is 35.5. The summed E-state index contributed by atoms with van der Waals surface area (Å²) in [4.78, 5) is 21.0. The molecule has 1 amide bonds. The number of sulfonamides is 1. The Bertz CT molecular complexity index is 938. The molecule has 0 aliphatic carbocycles. The monoisotopic (exact) mass is 420 g/mol. The van der Waals surface area contributed by atoms with Gasteiger partial charge in [0.25, 0.3) is 5.91 Å². The summed E-state index contributed by atoms with van der Waals surface area (Å²) in [7, 11) is -3.60. The molecule has 1 aliphatic rings. The van der Waals surface area contributed by atoms with Crippen molar-refractivity contribution in [3.63, 3.8) is 0 Å². The van der Waals surface area contributed by atoms with Crippen LogP contribution in [0.25, 0.3) is 0 Å². The number of halogens is 1. The van der Waals surface area contributed by atoms with Crippen LogP contribution in [0.5, 0.6) is 0 Å². The standard InChI is InChI=1S/C19H21ClN4O3S/c1-2-9-22-28(26,27)17-6-3-15(4-7-17)19(25)24-12-10-23(11-13-24)18-8-5-16(20)14-21-18/h2-8,14,22H,1,9-13H2. The number of nitrogens with one attached hydrogen (secondary N) is 1. The van der Waals surface area contributed by atoms with Crippen LogP contribution in [0.1, 0.15) is 10.4 Å². The zero-order chi connectivity index (χ0) is 20.1. The average Bonchev–Trinajstić information content (AvgIpc) is 2.72. The van der Waals surface area contributed by atoms with Crippen LogP contribution in [0.4, 0.5) is 5.82 Å². The lowest BCUT2D eigenvalue weighted by Gasteiger charge is -2.35. The van der Waals surface area contributed by atoms with E-state index in [1.54, 1.807) is 17.2 Å². The van der Waals surface area contributed by atoms with Gasteiger partial charge in [-0.15, -0.1) is 6.58 Å². The van der Waals surface area contributed by atoms with Crippen molar-refractivity contribution in [2.75, 3.05) is 37.6 Å². The van der Waals surface area contributed by atoms with Crippen molar-refractivity contribution < 1.29 is 13.2 Å². The lowest BCUT2D eigenvalue weighted by atomic mass is 10.2. The van der Waals surface area contributed by atoms with Crippen LogP contribution in [0, 0.1) is 0 Å². The van der Waals surface area contributed by atoms with Crippen molar-refractivity contribution in [1.82, 2.24) is 14.6 Å². The molecular formula is C19H21ClN4O3S. The van der Waals surface area contributed by atoms with E-state index in [9.17, 15) is 13.2 Å². The Morgan fingerprint density at radius 1 is 1.14 bits per heavy atom. The first-order valence-corrected chi connectivity index (χ1v) is 10.6. The Kier molecular flexibility index (Phi) is 6.33. The molecular weight excluding hydrogens is 400 g/mol. The number of aromatic nitrogens is 1. The lowest BCUT2D eigenvalue weighted by molar-refractivity contribution is 0.0746. The van der Waals surface area contributed by atoms with Crippen molar-refractivity contribution in [3.05, 3.63) is 65.8 Å². The van der Waals surface area contributed by atoms with Crippen molar-refractivity contribution >= 4 is 33.3 Å². The molecule has 1 fully saturated rings. The fraction of sp³-hybridized carbons (Fsp3) is 0.263. The summed E-state index contributed by atoms with van der Waals surface area (Å²) < 4.78 is 26.6. The van der Waals surface area contributed by atoms with Gasteiger partial charge in [-0.05, 0) is 36.4 Å². The minimum atomic E-state index is -3.60. The number of piperazine rings is 1. The third-order valence-corrected chi connectivity index (χ3v) is 6.09. The Morgan fingerprint density at radius 2 is 1.82 bits per heavy atom. The van der Waals surface area contributed by atoms with E-state index in [1.165, 1.54) is 30.3 Å². The predicted molar refractivity (Wildman–Crippen MR) is 109 cm³/mol. The maximum atomic E-state index is 12.7. The minimum Gasteiger partial charge on any atom is -0.353 e. The zero-order valence-corrected chi connectivity index (χ0v) is 16.8. The van der Waals surface area contributed by atoms with Gasteiger partial charge in [0.1, 0.15) is 5.82 Å². The number of carbonyl (C=O) groups excluding carboxylic acids is 1. The van der Waals surface area contributed by atoms with Gasteiger partial charge in [-0.2, -0.15) is 0 Å². The summed E-state index contributed by atoms with van der Waals surface area (Å²) in [5.74, 6) is 0.713. The van der Waals surface area contributed by atoms with E-state index in [1.807, 2.05) is 6.07 Å². The van der Waals surface area contributed by atoms with Crippen LogP contribution in [0.2, 0.25) is 5.02 Å². The normalized spacial score (nSPS) is 14.8. The molecule has 0 saturated carbocycles. The van der Waals surface area contributed by atoms with Gasteiger partial charge in [0.2, 0.25) is 10.0 Å². The maximum absolute atomic E-state index is 12.7. The van der Waals surface area contributed by atoms with Crippen LogP contribution in [0.15, 0.2) is 60.1 Å². The minimum absolute atomic E-state index is 0.115. The van der Waals surface area contributed by atoms with E-state index in [-0.39, 0.29) is 17.3 Å². The molecule has 1 N–H and O–H groups in total. The number of anilines is 1. The molecule has 9 heteroatoms. The van der Waals surface area contributed by atoms with Gasteiger partial charge in [0.15, 0.2) is 0 Å². The quantitative estimate of drug-likeness (QED) is 0.724. The topological polar surface area (TPSA) is 82.6 Å². The molecule has 0 bridgehead atoms. The van der Waals surface area contributed by atoms with Crippen LogP contribution >= 0.6 is 11.6 Å². The van der Waals surface area contributed by atoms with Crippen LogP contribution < -0.4 is 9.62 Å². The summed E-state index contributed by atoms with van der Waals surface area (Å²) >= 11 is 5.87. The molecule has 1 aliphatic heterocycles. The first kappa shape index (κ1) is 20.3. The highest BCUT2D eigenvalue weighted by Crippen LogP contribution is 2.18. The summed E-state index contributed by atoms with van der Waals surface area (Å²) in [5.41, 5.74) is 0.459. The number of rotatable bonds is 6. The maximum Gasteiger partial charge on any atom is 0.253 e. The van der Waals surface area contributed by atoms with Gasteiger partial charge in [0, 0.05) is 44.5 Å². The Hall–Kier alpha value is -2.42. The molecule has 3 rings (SSSR count). The zero-order valence-electron chi connectivity index (χ0n) is 15.2. The Morgan fingerprint density at radius 3 is 2.39 bits per heavy atom. The average molecular weight is 421 g/mol. The lowest BCUT2D eigenvalue weighted by Crippen LogP contribution is -2.49. The van der Waals surface area contributed by atoms with E-state index in [2.05, 4.69) is 21.2 Å². The van der Waals surface area contributed by atoms with Crippen LogP contribution in [0.3, 0.4) is 0 Å². The summed E-state index contributed by atoms with van der Waals surface area (Å²) in [6.07, 6.45) is 3.07. The van der Waals surface area contributed by atoms with Crippen molar-refractivity contribution in [1.29, 1.82) is 0 Å². The fourth-order valence-electron chi connectivity index (χ4n) is 2.90. The van der Waals surface area contributed by atoms with Crippen molar-refractivity contribution in [2.24, 2.45) is 0 Å². The van der Waals surface area contributed by atoms with E-state index in [4.69, 9.17) is 11.6 Å². The first-order chi connectivity index (χ1) is 13.4. The highest BCUT2D eigenvalue weighted by molar-refractivity contribution is 7.89. The molecule has 2 aromatic rings. The fourth-order valence-corrected chi connectivity index (χ4v) is 4.02. The van der Waals surface area contributed by atoms with Gasteiger partial charge in [-0.3, -0.25) is 4.79 Å². The van der Waals surface area contributed by atoms with Crippen molar-refractivity contribution in [2.45, 2.75) is 4.90 Å². The van der Waals surface area contributed by atoms with Gasteiger partial charge >= 0.3 is 0 Å². The predicted octanol–water partition coefficient (Wildman–Crippen LogP) is 2.16. The number of benzene rings is 1.